The number of aromatic amines is 1. The summed E-state index contributed by atoms with van der Waals surface area (Å²) in [6, 6.07) is 1.19. The molecule has 0 spiro atoms. The summed E-state index contributed by atoms with van der Waals surface area (Å²) in [5.41, 5.74) is 6.15. The number of H-pyrrole nitrogens is 1. The third kappa shape index (κ3) is 4.87. The van der Waals surface area contributed by atoms with Crippen LogP contribution in [0.15, 0.2) is 63.1 Å². The number of aliphatic hydroxyl groups excluding tert-OH is 1. The first-order chi connectivity index (χ1) is 20.5. The molecular formula is C20H25N9O12P2. The van der Waals surface area contributed by atoms with E-state index in [0.29, 0.717) is 17.8 Å². The van der Waals surface area contributed by atoms with Crippen LogP contribution in [0.1, 0.15) is 5.76 Å². The van der Waals surface area contributed by atoms with Gasteiger partial charge in [-0.2, -0.15) is 0 Å². The first kappa shape index (κ1) is 27.7. The van der Waals surface area contributed by atoms with Crippen LogP contribution in [0, 0.1) is 0 Å². The summed E-state index contributed by atoms with van der Waals surface area (Å²) in [5.74, 6) is -1.31. The van der Waals surface area contributed by atoms with Gasteiger partial charge in [-0.25, -0.2) is 0 Å². The minimum atomic E-state index is -5.13. The van der Waals surface area contributed by atoms with Crippen LogP contribution in [-0.2, 0) is 24.9 Å². The number of aliphatic hydroxyl groups is 1. The van der Waals surface area contributed by atoms with Gasteiger partial charge in [0.05, 0.1) is 0 Å². The molecule has 0 aromatic carbocycles. The van der Waals surface area contributed by atoms with Crippen LogP contribution >= 0.6 is 16.3 Å². The van der Waals surface area contributed by atoms with Crippen molar-refractivity contribution >= 4 is 27.5 Å². The van der Waals surface area contributed by atoms with Crippen molar-refractivity contribution in [3.63, 3.8) is 0 Å². The second-order valence-corrected chi connectivity index (χ2v) is 12.5. The Hall–Kier alpha value is -4.17. The summed E-state index contributed by atoms with van der Waals surface area (Å²) in [4.78, 5) is 66.8. The first-order valence-electron chi connectivity index (χ1n) is 12.4. The van der Waals surface area contributed by atoms with Crippen LogP contribution in [0.4, 0.5) is 0 Å². The van der Waals surface area contributed by atoms with Crippen molar-refractivity contribution in [2.45, 2.75) is 18.9 Å². The van der Waals surface area contributed by atoms with Gasteiger partial charge in [0.15, 0.2) is 0 Å². The first-order valence-corrected chi connectivity index (χ1v) is 15.8. The molecule has 1 saturated heterocycles. The number of hydrogen-bond donors (Lipinski definition) is 10. The number of nitrogens with two attached hydrogens (primary N) is 1. The van der Waals surface area contributed by atoms with Gasteiger partial charge in [-0.15, -0.1) is 0 Å². The molecule has 3 aromatic rings. The molecule has 43 heavy (non-hydrogen) atoms. The number of imidazole rings is 1. The van der Waals surface area contributed by atoms with Gasteiger partial charge in [0.1, 0.15) is 0 Å². The number of ether oxygens (including phenoxy) is 1. The Morgan fingerprint density at radius 1 is 1.12 bits per heavy atom. The Bertz CT molecular complexity index is 1760. The number of hydrogen-bond acceptors (Lipinski definition) is 19. The van der Waals surface area contributed by atoms with Crippen molar-refractivity contribution in [2.24, 2.45) is 5.73 Å². The Kier molecular flexibility index (Phi) is 6.40. The summed E-state index contributed by atoms with van der Waals surface area (Å²) >= 11 is 0. The number of furan rings is 1. The topological polar surface area (TPSA) is 289 Å². The summed E-state index contributed by atoms with van der Waals surface area (Å²) in [7, 11) is -10.2. The molecule has 232 valence electrons. The molecule has 21 nitrogen and oxygen atoms in total. The average molecular weight is 645 g/mol. The molecule has 2 atom stereocenters. The zero-order valence-electron chi connectivity index (χ0n) is 21.5. The zero-order chi connectivity index (χ0) is 30.1. The van der Waals surface area contributed by atoms with E-state index >= 15 is 0 Å². The molecule has 23 heteroatoms. The Balaban J connectivity index is 1.25. The fourth-order valence-electron chi connectivity index (χ4n) is 4.69. The van der Waals surface area contributed by atoms with E-state index in [4.69, 9.17) is 33.0 Å². The van der Waals surface area contributed by atoms with Crippen molar-refractivity contribution in [3.8, 4) is 11.6 Å². The second-order valence-electron chi connectivity index (χ2n) is 9.38. The molecule has 0 saturated carbocycles. The number of rotatable bonds is 2. The number of fused-ring (bicyclic) bond motifs is 5. The molecular weight excluding hydrogens is 620 g/mol. The SMILES string of the molecule is NC1=C2NCN(C3=C4O[PH](O)(O)OCc5oc(-n6cnc7c(=O)[nH]cnc76)cc5O[PH](O)(O)O/C=C(/O3)[C@H]4O)C2NCN1. The van der Waals surface area contributed by atoms with E-state index in [1.165, 1.54) is 21.9 Å². The Morgan fingerprint density at radius 3 is 2.79 bits per heavy atom. The van der Waals surface area contributed by atoms with E-state index in [-0.39, 0.29) is 47.8 Å². The van der Waals surface area contributed by atoms with E-state index in [0.717, 1.165) is 6.33 Å². The van der Waals surface area contributed by atoms with Gasteiger partial charge in [0.25, 0.3) is 0 Å². The van der Waals surface area contributed by atoms with Gasteiger partial charge in [0, 0.05) is 0 Å². The third-order valence-corrected chi connectivity index (χ3v) is 8.55. The van der Waals surface area contributed by atoms with E-state index in [1.807, 2.05) is 0 Å². The monoisotopic (exact) mass is 645 g/mol. The predicted octanol–water partition coefficient (Wildman–Crippen LogP) is -2.70. The van der Waals surface area contributed by atoms with Crippen molar-refractivity contribution in [3.05, 3.63) is 70.0 Å². The van der Waals surface area contributed by atoms with Gasteiger partial charge >= 0.3 is 239 Å². The Morgan fingerprint density at radius 2 is 1.95 bits per heavy atom. The molecule has 1 unspecified atom stereocenters. The molecule has 1 fully saturated rings. The van der Waals surface area contributed by atoms with Crippen molar-refractivity contribution in [1.29, 1.82) is 0 Å². The summed E-state index contributed by atoms with van der Waals surface area (Å²) < 4.78 is 33.9. The molecule has 7 heterocycles. The molecule has 2 bridgehead atoms. The summed E-state index contributed by atoms with van der Waals surface area (Å²) in [5, 5.41) is 20.1. The van der Waals surface area contributed by atoms with E-state index in [2.05, 4.69) is 30.9 Å². The van der Waals surface area contributed by atoms with Gasteiger partial charge in [-0.3, -0.25) is 0 Å². The normalized spacial score (nSPS) is 27.3. The molecule has 0 radical (unpaired) electrons. The van der Waals surface area contributed by atoms with Gasteiger partial charge in [0.2, 0.25) is 0 Å². The minimum absolute atomic E-state index is 0.00820. The number of nitrogens with one attached hydrogen (secondary N) is 4. The zero-order valence-corrected chi connectivity index (χ0v) is 23.5. The summed E-state index contributed by atoms with van der Waals surface area (Å²) in [6.07, 6.45) is 0.715. The quantitative estimate of drug-likeness (QED) is 0.127. The van der Waals surface area contributed by atoms with Crippen molar-refractivity contribution in [2.75, 3.05) is 13.3 Å². The van der Waals surface area contributed by atoms with Gasteiger partial charge < -0.3 is 0 Å². The molecule has 4 aliphatic rings. The van der Waals surface area contributed by atoms with Crippen LogP contribution in [-0.4, -0.2) is 74.7 Å². The van der Waals surface area contributed by atoms with Crippen molar-refractivity contribution < 1.29 is 51.9 Å². The molecule has 0 aliphatic carbocycles. The Labute approximate surface area is 239 Å². The maximum absolute atomic E-state index is 12.1. The summed E-state index contributed by atoms with van der Waals surface area (Å²) in [6.45, 7) is -0.355. The fourth-order valence-corrected chi connectivity index (χ4v) is 6.33. The fraction of sp³-hybridized carbons (Fsp3) is 0.250. The van der Waals surface area contributed by atoms with E-state index in [9.17, 15) is 29.5 Å². The van der Waals surface area contributed by atoms with Crippen LogP contribution in [0.25, 0.3) is 17.0 Å². The van der Waals surface area contributed by atoms with Gasteiger partial charge in [-0.05, 0) is 0 Å². The number of aromatic nitrogens is 4. The maximum atomic E-state index is 12.1. The molecule has 3 aromatic heterocycles. The molecule has 0 amide bonds. The molecule has 4 aliphatic heterocycles. The predicted molar refractivity (Wildman–Crippen MR) is 143 cm³/mol. The van der Waals surface area contributed by atoms with Crippen LogP contribution in [0.2, 0.25) is 0 Å². The third-order valence-electron chi connectivity index (χ3n) is 6.63. The second kappa shape index (κ2) is 9.95. The average Bonchev–Trinajstić information content (AvgIpc) is 3.72. The van der Waals surface area contributed by atoms with E-state index < -0.39 is 52.3 Å². The number of nitrogens with zero attached hydrogens (tertiary/aromatic N) is 4. The molecule has 11 N–H and O–H groups in total. The van der Waals surface area contributed by atoms with Crippen LogP contribution in [0.5, 0.6) is 5.75 Å². The van der Waals surface area contributed by atoms with Gasteiger partial charge in [-0.1, -0.05) is 0 Å². The van der Waals surface area contributed by atoms with Crippen molar-refractivity contribution in [1.82, 2.24) is 40.4 Å². The standard InChI is InChI=1S/C20H25N9O12P2/c21-16-12-17(23-4-22-16)29(7-26-12)20-15-14(30)10(39-20)3-37-42(32,33)40-8-1-11(38-9(8)2-36-43(34,35)41-15)28-6-27-13-18(28)24-5-25-19(13)31/h1,3,5-6,14,17,22-23,26,30,32-35,42-43H,2,4,7,21H2,(H,24,25,31)/b10-3+/t14-,17?/m1/s1. The molecule has 7 rings (SSSR count). The van der Waals surface area contributed by atoms with Crippen LogP contribution in [0.3, 0.4) is 0 Å². The van der Waals surface area contributed by atoms with E-state index in [1.54, 1.807) is 0 Å². The van der Waals surface area contributed by atoms with Crippen LogP contribution < -0.4 is 31.8 Å².